The number of anilines is 1. The largest absolute Gasteiger partial charge is 0.488 e. The second-order valence-electron chi connectivity index (χ2n) is 14.3. The number of pyridine rings is 2. The lowest BCUT2D eigenvalue weighted by Gasteiger charge is -2.18. The van der Waals surface area contributed by atoms with E-state index in [0.29, 0.717) is 59.1 Å². The van der Waals surface area contributed by atoms with Crippen molar-refractivity contribution in [3.63, 3.8) is 0 Å². The number of fused-ring (bicyclic) bond motifs is 1. The second-order valence-corrected chi connectivity index (χ2v) is 15.1. The molecule has 0 spiro atoms. The number of aliphatic hydroxyl groups is 1. The molecule has 314 valence electrons. The van der Waals surface area contributed by atoms with E-state index in [1.165, 1.54) is 0 Å². The number of aliphatic carboxylic acids is 2. The van der Waals surface area contributed by atoms with Gasteiger partial charge in [-0.05, 0) is 78.4 Å². The van der Waals surface area contributed by atoms with Gasteiger partial charge in [0.25, 0.3) is 0 Å². The van der Waals surface area contributed by atoms with E-state index in [1.54, 1.807) is 35.2 Å². The monoisotopic (exact) mass is 855 g/mol. The summed E-state index contributed by atoms with van der Waals surface area (Å²) in [5, 5.41) is 42.8. The molecule has 3 aromatic heterocycles. The Morgan fingerprint density at radius 1 is 0.817 bits per heavy atom. The number of carbonyl (C=O) groups is 2. The van der Waals surface area contributed by atoms with Crippen LogP contribution in [0.3, 0.4) is 0 Å². The first-order chi connectivity index (χ1) is 28.9. The van der Waals surface area contributed by atoms with Crippen LogP contribution in [0.1, 0.15) is 52.6 Å². The van der Waals surface area contributed by atoms with Crippen molar-refractivity contribution in [1.29, 1.82) is 0 Å². The molecule has 6 aromatic rings. The van der Waals surface area contributed by atoms with Crippen molar-refractivity contribution in [2.24, 2.45) is 0 Å². The smallest absolute Gasteiger partial charge is 0.306 e. The average Bonchev–Trinajstić information content (AvgIpc) is 3.65. The van der Waals surface area contributed by atoms with E-state index in [9.17, 15) is 14.7 Å². The normalized spacial score (nSPS) is 11.8. The molecule has 0 saturated carbocycles. The zero-order valence-electron chi connectivity index (χ0n) is 33.5. The number of benzene rings is 3. The number of hydrogen-bond acceptors (Lipinski definition) is 11. The van der Waals surface area contributed by atoms with Gasteiger partial charge in [0, 0.05) is 74.5 Å². The Labute approximate surface area is 357 Å². The van der Waals surface area contributed by atoms with Gasteiger partial charge in [-0.3, -0.25) is 14.6 Å². The highest BCUT2D eigenvalue weighted by molar-refractivity contribution is 6.33. The molecule has 1 atom stereocenters. The summed E-state index contributed by atoms with van der Waals surface area (Å²) < 4.78 is 14.3. The highest BCUT2D eigenvalue weighted by Crippen LogP contribution is 2.37. The summed E-state index contributed by atoms with van der Waals surface area (Å²) in [5.74, 6) is -0.359. The van der Waals surface area contributed by atoms with Crippen LogP contribution in [0.4, 0.5) is 5.69 Å². The van der Waals surface area contributed by atoms with Crippen molar-refractivity contribution < 1.29 is 34.4 Å². The van der Waals surface area contributed by atoms with E-state index in [2.05, 4.69) is 40.0 Å². The number of carboxylic acids is 2. The quantitative estimate of drug-likeness (QED) is 0.0391. The molecule has 3 heterocycles. The van der Waals surface area contributed by atoms with Gasteiger partial charge in [0.05, 0.1) is 28.3 Å². The number of rotatable bonds is 21. The summed E-state index contributed by atoms with van der Waals surface area (Å²) >= 11 is 13.4. The zero-order chi connectivity index (χ0) is 42.8. The van der Waals surface area contributed by atoms with Gasteiger partial charge in [0.2, 0.25) is 0 Å². The molecule has 0 aliphatic heterocycles. The van der Waals surface area contributed by atoms with Crippen molar-refractivity contribution in [1.82, 2.24) is 30.2 Å². The Kier molecular flexibility index (Phi) is 14.9. The number of aromatic nitrogens is 4. The average molecular weight is 857 g/mol. The van der Waals surface area contributed by atoms with Crippen molar-refractivity contribution in [3.05, 3.63) is 123 Å². The second kappa shape index (κ2) is 20.5. The molecule has 0 aliphatic carbocycles. The summed E-state index contributed by atoms with van der Waals surface area (Å²) in [5.41, 5.74) is 9.67. The maximum atomic E-state index is 11.0. The van der Waals surface area contributed by atoms with Crippen molar-refractivity contribution in [2.45, 2.75) is 65.5 Å². The Hall–Kier alpha value is -5.77. The number of nitrogens with one attached hydrogen (secondary N) is 3. The molecule has 3 aromatic carbocycles. The summed E-state index contributed by atoms with van der Waals surface area (Å²) in [6, 6.07) is 19.4. The molecule has 6 rings (SSSR count). The highest BCUT2D eigenvalue weighted by atomic mass is 35.5. The number of halogens is 2. The van der Waals surface area contributed by atoms with Crippen LogP contribution >= 0.6 is 23.2 Å². The van der Waals surface area contributed by atoms with E-state index >= 15 is 0 Å². The third-order valence-electron chi connectivity index (χ3n) is 9.91. The summed E-state index contributed by atoms with van der Waals surface area (Å²) in [6.45, 7) is 5.99. The Bertz CT molecular complexity index is 2480. The summed E-state index contributed by atoms with van der Waals surface area (Å²) in [6.07, 6.45) is 4.49. The van der Waals surface area contributed by atoms with E-state index < -0.39 is 18.0 Å². The lowest BCUT2D eigenvalue weighted by Crippen LogP contribution is -2.28. The molecule has 0 bridgehead atoms. The lowest BCUT2D eigenvalue weighted by atomic mass is 9.91. The van der Waals surface area contributed by atoms with Crippen molar-refractivity contribution >= 4 is 46.5 Å². The highest BCUT2D eigenvalue weighted by Gasteiger charge is 2.18. The molecule has 60 heavy (non-hydrogen) atoms. The van der Waals surface area contributed by atoms with Crippen LogP contribution in [0.5, 0.6) is 11.5 Å². The molecule has 0 saturated heterocycles. The third kappa shape index (κ3) is 11.3. The first kappa shape index (κ1) is 43.8. The molecule has 0 fully saturated rings. The van der Waals surface area contributed by atoms with E-state index in [4.69, 9.17) is 53.0 Å². The maximum absolute atomic E-state index is 11.0. The molecule has 14 nitrogen and oxygen atoms in total. The predicted molar refractivity (Wildman–Crippen MR) is 231 cm³/mol. The van der Waals surface area contributed by atoms with Crippen LogP contribution in [0.15, 0.2) is 79.3 Å². The Morgan fingerprint density at radius 3 is 2.33 bits per heavy atom. The minimum absolute atomic E-state index is 0.0769. The zero-order valence-corrected chi connectivity index (χ0v) is 35.0. The van der Waals surface area contributed by atoms with Crippen LogP contribution in [0.2, 0.25) is 10.0 Å². The van der Waals surface area contributed by atoms with Gasteiger partial charge in [-0.25, -0.2) is 9.50 Å². The van der Waals surface area contributed by atoms with Gasteiger partial charge in [-0.2, -0.15) is 0 Å². The third-order valence-corrected chi connectivity index (χ3v) is 10.5. The SMILES string of the molecule is CNc1cncc(COc2cc(OCc3cccc(-c4cccc(-c5nc6c(Cl)cc(CNC[C@@H](O)CC(=O)O)cn6n5)c4C)c3C)c(Cl)cc2CNCCCC(=O)O)c1. The molecule has 0 amide bonds. The first-order valence-electron chi connectivity index (χ1n) is 19.4. The number of ether oxygens (including phenoxy) is 2. The van der Waals surface area contributed by atoms with Gasteiger partial charge < -0.3 is 40.7 Å². The van der Waals surface area contributed by atoms with E-state index in [-0.39, 0.29) is 32.6 Å². The lowest BCUT2D eigenvalue weighted by molar-refractivity contribution is -0.139. The van der Waals surface area contributed by atoms with E-state index in [1.807, 2.05) is 50.4 Å². The fourth-order valence-corrected chi connectivity index (χ4v) is 7.24. The van der Waals surface area contributed by atoms with Crippen molar-refractivity contribution in [3.8, 4) is 34.0 Å². The molecule has 0 aliphatic rings. The minimum atomic E-state index is -1.07. The van der Waals surface area contributed by atoms with Gasteiger partial charge in [0.15, 0.2) is 11.5 Å². The summed E-state index contributed by atoms with van der Waals surface area (Å²) in [4.78, 5) is 30.9. The van der Waals surface area contributed by atoms with Crippen LogP contribution in [-0.4, -0.2) is 73.1 Å². The molecule has 16 heteroatoms. The van der Waals surface area contributed by atoms with Gasteiger partial charge in [0.1, 0.15) is 24.7 Å². The number of carboxylic acid groups (broad SMARTS) is 2. The van der Waals surface area contributed by atoms with Crippen LogP contribution < -0.4 is 25.4 Å². The Balaban J connectivity index is 1.20. The first-order valence-corrected chi connectivity index (χ1v) is 20.1. The fraction of sp³-hybridized carbons (Fsp3) is 0.295. The summed E-state index contributed by atoms with van der Waals surface area (Å²) in [7, 11) is 1.83. The number of aliphatic hydroxyl groups excluding tert-OH is 1. The van der Waals surface area contributed by atoms with Crippen LogP contribution in [0, 0.1) is 13.8 Å². The van der Waals surface area contributed by atoms with Gasteiger partial charge in [-0.15, -0.1) is 5.10 Å². The molecular weight excluding hydrogens is 809 g/mol. The predicted octanol–water partition coefficient (Wildman–Crippen LogP) is 7.46. The molecular formula is C44H47Cl2N7O7. The minimum Gasteiger partial charge on any atom is -0.488 e. The standard InChI is InChI=1S/C44H47Cl2N7O7/c1-26-30(25-60-40-17-39(59-24-29-13-32(47-3)21-49-19-29)31(15-37(40)45)20-48-12-6-11-41(55)56)7-4-8-34(26)35-9-5-10-36(27(35)2)43-51-44-38(46)14-28(23-53(44)52-43)18-50-22-33(54)16-42(57)58/h4-5,7-10,13-15,17,19,21,23,33,47-48,50,54H,6,11-12,16,18,20,22,24-25H2,1-3H3,(H,55,56)(H,57,58)/t33-/m0/s1. The van der Waals surface area contributed by atoms with Gasteiger partial charge in [-0.1, -0.05) is 59.6 Å². The topological polar surface area (TPSA) is 192 Å². The molecule has 6 N–H and O–H groups in total. The maximum Gasteiger partial charge on any atom is 0.306 e. The van der Waals surface area contributed by atoms with E-state index in [0.717, 1.165) is 55.8 Å². The van der Waals surface area contributed by atoms with Crippen LogP contribution in [0.25, 0.3) is 28.2 Å². The molecule has 0 radical (unpaired) electrons. The fourth-order valence-electron chi connectivity index (χ4n) is 6.73. The molecule has 0 unspecified atom stereocenters. The number of nitrogens with zero attached hydrogens (tertiary/aromatic N) is 4. The van der Waals surface area contributed by atoms with Crippen molar-refractivity contribution in [2.75, 3.05) is 25.5 Å². The Morgan fingerprint density at radius 2 is 1.57 bits per heavy atom. The number of hydrogen-bond donors (Lipinski definition) is 6. The van der Waals surface area contributed by atoms with Gasteiger partial charge >= 0.3 is 11.9 Å². The van der Waals surface area contributed by atoms with Crippen LogP contribution in [-0.2, 0) is 35.9 Å².